The van der Waals surface area contributed by atoms with Crippen LogP contribution in [0.25, 0.3) is 22.3 Å². The molecule has 0 radical (unpaired) electrons. The summed E-state index contributed by atoms with van der Waals surface area (Å²) < 4.78 is 12.3. The molecule has 66 heavy (non-hydrogen) atoms. The maximum atomic E-state index is 14.8. The van der Waals surface area contributed by atoms with E-state index in [1.807, 2.05) is 18.2 Å². The Morgan fingerprint density at radius 3 is 2.09 bits per heavy atom. The molecule has 2 aliphatic rings. The minimum atomic E-state index is -1.20. The molecule has 4 aromatic carbocycles. The number of fused-ring (bicyclic) bond motifs is 5. The second kappa shape index (κ2) is 23.2. The van der Waals surface area contributed by atoms with Crippen LogP contribution in [0.2, 0.25) is 0 Å². The Morgan fingerprint density at radius 1 is 0.848 bits per heavy atom. The molecule has 0 aromatic heterocycles. The lowest BCUT2D eigenvalue weighted by Crippen LogP contribution is -2.48. The molecular weight excluding hydrogens is 835 g/mol. The smallest absolute Gasteiger partial charge is 0.246 e. The van der Waals surface area contributed by atoms with E-state index in [0.717, 1.165) is 30.4 Å². The van der Waals surface area contributed by atoms with Crippen molar-refractivity contribution in [1.29, 1.82) is 5.26 Å². The standard InChI is InChI=1S/C52H63N7O7/c1-4-5-7-34-9-12-36(13-10-34)37-14-16-38(17-15-37)45(60)30-40(8-6-21-53)51(63)58(3)49-39-18-20-48(66-25-23-55)43(29-39)42-27-35(11-19-47(42)65-24-22-54)28-44(52(64)59-32-41(59)31-56)57-50(62)33(2)26-46(49)61/h9-20,27,29,33,40-41,44,49H,4-8,21-26,28,30,32,53-55H2,1-3H3,(H,57,62)/t33-,40-,41?,44+,49+,59?/m1/s1. The lowest BCUT2D eigenvalue weighted by molar-refractivity contribution is -0.142. The zero-order chi connectivity index (χ0) is 47.3. The number of nitrogens with two attached hydrogens (primary N) is 3. The molecule has 4 aromatic rings. The Hall–Kier alpha value is -6.40. The van der Waals surface area contributed by atoms with Crippen molar-refractivity contribution in [2.45, 2.75) is 83.3 Å². The van der Waals surface area contributed by atoms with Crippen molar-refractivity contribution in [3.63, 3.8) is 0 Å². The van der Waals surface area contributed by atoms with Gasteiger partial charge in [-0.1, -0.05) is 80.9 Å². The Kier molecular flexibility index (Phi) is 17.2. The van der Waals surface area contributed by atoms with Crippen molar-refractivity contribution in [2.75, 3.05) is 46.4 Å². The van der Waals surface area contributed by atoms with Crippen LogP contribution >= 0.6 is 0 Å². The van der Waals surface area contributed by atoms with Gasteiger partial charge in [0, 0.05) is 67.9 Å². The van der Waals surface area contributed by atoms with E-state index in [0.29, 0.717) is 58.7 Å². The van der Waals surface area contributed by atoms with Gasteiger partial charge in [0.15, 0.2) is 11.6 Å². The molecule has 348 valence electrons. The van der Waals surface area contributed by atoms with Crippen molar-refractivity contribution >= 4 is 29.3 Å². The number of ether oxygens (including phenoxy) is 2. The third-order valence-electron chi connectivity index (χ3n) is 12.3. The van der Waals surface area contributed by atoms with E-state index in [1.54, 1.807) is 56.4 Å². The summed E-state index contributed by atoms with van der Waals surface area (Å²) in [5, 5.41) is 12.4. The van der Waals surface area contributed by atoms with Gasteiger partial charge in [-0.25, -0.2) is 0 Å². The van der Waals surface area contributed by atoms with E-state index >= 15 is 0 Å². The van der Waals surface area contributed by atoms with Crippen LogP contribution in [-0.2, 0) is 32.0 Å². The molecule has 1 fully saturated rings. The summed E-state index contributed by atoms with van der Waals surface area (Å²) in [7, 11) is 1.54. The number of benzene rings is 4. The van der Waals surface area contributed by atoms with E-state index in [4.69, 9.17) is 26.7 Å². The quantitative estimate of drug-likeness (QED) is 0.0676. The number of nitrogens with one attached hydrogen (secondary N) is 1. The number of hydrogen-bond acceptors (Lipinski definition) is 11. The fourth-order valence-corrected chi connectivity index (χ4v) is 8.53. The van der Waals surface area contributed by atoms with Crippen molar-refractivity contribution < 1.29 is 33.4 Å². The van der Waals surface area contributed by atoms with Gasteiger partial charge in [0.2, 0.25) is 17.7 Å². The highest BCUT2D eigenvalue weighted by Gasteiger charge is 2.43. The van der Waals surface area contributed by atoms with Gasteiger partial charge in [0.05, 0.1) is 12.6 Å². The number of carbonyl (C=O) groups is 5. The van der Waals surface area contributed by atoms with E-state index in [-0.39, 0.29) is 57.9 Å². The minimum absolute atomic E-state index is 0.0859. The SMILES string of the molecule is CCCCc1ccc(-c2ccc(C(=O)C[C@@H](CCCN)C(=O)N(C)[C@@H]3C(=O)C[C@@H](C)C(=O)N[C@H](C(=O)N4CC4C#N)Cc4ccc(OCCN)c(c4)-c4cc3ccc4OCCN)cc2)cc1. The molecular formula is C52H63N7O7. The summed E-state index contributed by atoms with van der Waals surface area (Å²) in [5.74, 6) is -2.87. The van der Waals surface area contributed by atoms with Crippen LogP contribution in [0, 0.1) is 23.2 Å². The Morgan fingerprint density at radius 2 is 1.48 bits per heavy atom. The fraction of sp³-hybridized carbons (Fsp3) is 0.423. The molecule has 0 spiro atoms. The van der Waals surface area contributed by atoms with Crippen LogP contribution in [0.4, 0.5) is 0 Å². The van der Waals surface area contributed by atoms with Gasteiger partial charge in [-0.3, -0.25) is 24.0 Å². The van der Waals surface area contributed by atoms with Crippen molar-refractivity contribution in [1.82, 2.24) is 15.1 Å². The third kappa shape index (κ3) is 12.1. The number of rotatable bonds is 19. The van der Waals surface area contributed by atoms with Crippen LogP contribution < -0.4 is 32.0 Å². The number of aryl methyl sites for hydroxylation is 1. The molecule has 0 aliphatic carbocycles. The van der Waals surface area contributed by atoms with Crippen molar-refractivity contribution in [3.05, 3.63) is 107 Å². The van der Waals surface area contributed by atoms with E-state index < -0.39 is 53.5 Å². The third-order valence-corrected chi connectivity index (χ3v) is 12.3. The van der Waals surface area contributed by atoms with Crippen LogP contribution in [0.5, 0.6) is 11.5 Å². The average molecular weight is 898 g/mol. The molecule has 2 heterocycles. The Bertz CT molecular complexity index is 2400. The number of Topliss-reactive ketones (excluding diaryl/α,β-unsaturated/α-hetero) is 2. The highest BCUT2D eigenvalue weighted by Crippen LogP contribution is 2.41. The largest absolute Gasteiger partial charge is 0.492 e. The summed E-state index contributed by atoms with van der Waals surface area (Å²) >= 11 is 0. The lowest BCUT2D eigenvalue weighted by Gasteiger charge is -2.32. The molecule has 6 rings (SSSR count). The van der Waals surface area contributed by atoms with Gasteiger partial charge in [-0.15, -0.1) is 0 Å². The highest BCUT2D eigenvalue weighted by molar-refractivity contribution is 6.00. The maximum Gasteiger partial charge on any atom is 0.246 e. The average Bonchev–Trinajstić information content (AvgIpc) is 4.13. The van der Waals surface area contributed by atoms with Crippen LogP contribution in [-0.4, -0.2) is 97.6 Å². The molecule has 7 N–H and O–H groups in total. The number of likely N-dealkylation sites (N-methyl/N-ethyl adjacent to an activating group) is 1. The van der Waals surface area contributed by atoms with Crippen molar-refractivity contribution in [2.24, 2.45) is 29.0 Å². The first-order chi connectivity index (χ1) is 31.9. The van der Waals surface area contributed by atoms with Crippen molar-refractivity contribution in [3.8, 4) is 39.8 Å². The van der Waals surface area contributed by atoms with E-state index in [1.165, 1.54) is 15.4 Å². The first-order valence-electron chi connectivity index (χ1n) is 23.1. The van der Waals surface area contributed by atoms with E-state index in [2.05, 4.69) is 42.6 Å². The first-order valence-corrected chi connectivity index (χ1v) is 23.1. The van der Waals surface area contributed by atoms with Crippen LogP contribution in [0.3, 0.4) is 0 Å². The van der Waals surface area contributed by atoms with Gasteiger partial charge < -0.3 is 41.8 Å². The Labute approximate surface area is 387 Å². The molecule has 5 atom stereocenters. The number of unbranched alkanes of at least 4 members (excludes halogenated alkanes) is 1. The van der Waals surface area contributed by atoms with Gasteiger partial charge in [-0.05, 0) is 84.3 Å². The topological polar surface area (TPSA) is 224 Å². The summed E-state index contributed by atoms with van der Waals surface area (Å²) in [6, 6.07) is 25.7. The number of nitriles is 1. The molecule has 14 nitrogen and oxygen atoms in total. The number of carbonyl (C=O) groups excluding carboxylic acids is 5. The summed E-state index contributed by atoms with van der Waals surface area (Å²) in [5.41, 5.74) is 23.7. The zero-order valence-corrected chi connectivity index (χ0v) is 38.3. The molecule has 4 bridgehead atoms. The molecule has 2 aliphatic heterocycles. The highest BCUT2D eigenvalue weighted by atomic mass is 16.5. The second-order valence-electron chi connectivity index (χ2n) is 17.3. The number of amides is 3. The summed E-state index contributed by atoms with van der Waals surface area (Å²) in [4.78, 5) is 74.1. The molecule has 1 unspecified atom stereocenters. The van der Waals surface area contributed by atoms with Crippen LogP contribution in [0.15, 0.2) is 84.9 Å². The summed E-state index contributed by atoms with van der Waals surface area (Å²) in [6.07, 6.45) is 3.75. The fourth-order valence-electron chi connectivity index (χ4n) is 8.53. The normalized spacial score (nSPS) is 18.6. The van der Waals surface area contributed by atoms with E-state index in [9.17, 15) is 29.2 Å². The minimum Gasteiger partial charge on any atom is -0.492 e. The summed E-state index contributed by atoms with van der Waals surface area (Å²) in [6.45, 7) is 5.12. The van der Waals surface area contributed by atoms with Gasteiger partial charge in [0.1, 0.15) is 42.8 Å². The first kappa shape index (κ1) is 49.0. The lowest BCUT2D eigenvalue weighted by atomic mass is 9.88. The number of hydrogen-bond donors (Lipinski definition) is 4. The molecule has 3 amide bonds. The van der Waals surface area contributed by atoms with Gasteiger partial charge in [0.25, 0.3) is 0 Å². The molecule has 1 saturated heterocycles. The number of nitrogens with zero attached hydrogens (tertiary/aromatic N) is 3. The predicted molar refractivity (Wildman–Crippen MR) is 253 cm³/mol. The van der Waals surface area contributed by atoms with Gasteiger partial charge in [-0.2, -0.15) is 5.26 Å². The Balaban J connectivity index is 1.36. The monoisotopic (exact) mass is 897 g/mol. The van der Waals surface area contributed by atoms with Gasteiger partial charge >= 0.3 is 0 Å². The zero-order valence-electron chi connectivity index (χ0n) is 38.3. The molecule has 0 saturated carbocycles. The molecule has 14 heteroatoms. The number of ketones is 2. The predicted octanol–water partition coefficient (Wildman–Crippen LogP) is 5.54. The van der Waals surface area contributed by atoms with Crippen LogP contribution in [0.1, 0.15) is 85.5 Å². The maximum absolute atomic E-state index is 14.8. The second-order valence-corrected chi connectivity index (χ2v) is 17.3.